The van der Waals surface area contributed by atoms with E-state index in [1.165, 1.54) is 0 Å². The lowest BCUT2D eigenvalue weighted by Gasteiger charge is -2.24. The predicted molar refractivity (Wildman–Crippen MR) is 118 cm³/mol. The lowest BCUT2D eigenvalue weighted by Crippen LogP contribution is -2.50. The van der Waals surface area contributed by atoms with Crippen molar-refractivity contribution in [2.24, 2.45) is 0 Å². The van der Waals surface area contributed by atoms with Crippen LogP contribution in [-0.4, -0.2) is 41.3 Å². The minimum atomic E-state index is -1.24. The standard InChI is InChI=1S/C24H30N2O6/c1-24(2,3)32-23(30)26-19(14-21(28)31-16-17-10-6-4-7-11-17)22(29)25-20(15-27)18-12-8-5-9-13-18/h4-13,19-20,27H,14-16H2,1-3H3,(H,25,29)(H,26,30)/t19-,20+/m0/s1. The topological polar surface area (TPSA) is 114 Å². The van der Waals surface area contributed by atoms with Crippen molar-refractivity contribution in [1.29, 1.82) is 0 Å². The van der Waals surface area contributed by atoms with Crippen molar-refractivity contribution in [3.8, 4) is 0 Å². The molecule has 0 fully saturated rings. The van der Waals surface area contributed by atoms with Crippen LogP contribution in [0.4, 0.5) is 4.79 Å². The van der Waals surface area contributed by atoms with Crippen molar-refractivity contribution >= 4 is 18.0 Å². The molecule has 0 radical (unpaired) electrons. The maximum atomic E-state index is 12.9. The van der Waals surface area contributed by atoms with Crippen LogP contribution in [0.15, 0.2) is 60.7 Å². The minimum Gasteiger partial charge on any atom is -0.461 e. The number of alkyl carbamates (subject to hydrolysis) is 1. The van der Waals surface area contributed by atoms with Gasteiger partial charge in [-0.25, -0.2) is 4.79 Å². The number of hydrogen-bond acceptors (Lipinski definition) is 6. The number of amides is 2. The van der Waals surface area contributed by atoms with Crippen molar-refractivity contribution in [3.63, 3.8) is 0 Å². The molecular weight excluding hydrogens is 412 g/mol. The van der Waals surface area contributed by atoms with Crippen LogP contribution in [0.2, 0.25) is 0 Å². The average Bonchev–Trinajstić information content (AvgIpc) is 2.75. The summed E-state index contributed by atoms with van der Waals surface area (Å²) >= 11 is 0. The number of aliphatic hydroxyl groups is 1. The number of hydrogen-bond donors (Lipinski definition) is 3. The number of nitrogens with one attached hydrogen (secondary N) is 2. The Balaban J connectivity index is 2.07. The highest BCUT2D eigenvalue weighted by Gasteiger charge is 2.29. The van der Waals surface area contributed by atoms with Gasteiger partial charge in [-0.2, -0.15) is 0 Å². The van der Waals surface area contributed by atoms with Gasteiger partial charge in [0.1, 0.15) is 18.2 Å². The van der Waals surface area contributed by atoms with E-state index in [0.717, 1.165) is 5.56 Å². The number of carbonyl (C=O) groups excluding carboxylic acids is 3. The van der Waals surface area contributed by atoms with Gasteiger partial charge in [0, 0.05) is 0 Å². The molecule has 0 saturated heterocycles. The van der Waals surface area contributed by atoms with E-state index in [9.17, 15) is 19.5 Å². The SMILES string of the molecule is CC(C)(C)OC(=O)N[C@@H](CC(=O)OCc1ccccc1)C(=O)N[C@H](CO)c1ccccc1. The number of ether oxygens (including phenoxy) is 2. The maximum Gasteiger partial charge on any atom is 0.408 e. The van der Waals surface area contributed by atoms with E-state index in [2.05, 4.69) is 10.6 Å². The number of aliphatic hydroxyl groups excluding tert-OH is 1. The molecule has 2 amide bonds. The van der Waals surface area contributed by atoms with E-state index >= 15 is 0 Å². The molecule has 0 unspecified atom stereocenters. The summed E-state index contributed by atoms with van der Waals surface area (Å²) in [6.45, 7) is 4.75. The van der Waals surface area contributed by atoms with Gasteiger partial charge in [-0.3, -0.25) is 9.59 Å². The first-order valence-electron chi connectivity index (χ1n) is 10.3. The quantitative estimate of drug-likeness (QED) is 0.515. The number of rotatable bonds is 9. The zero-order valence-corrected chi connectivity index (χ0v) is 18.5. The highest BCUT2D eigenvalue weighted by Crippen LogP contribution is 2.13. The van der Waals surface area contributed by atoms with Crippen LogP contribution in [0.25, 0.3) is 0 Å². The zero-order chi connectivity index (χ0) is 23.6. The second kappa shape index (κ2) is 11.9. The molecule has 2 aromatic rings. The van der Waals surface area contributed by atoms with E-state index in [1.54, 1.807) is 45.0 Å². The number of carbonyl (C=O) groups is 3. The minimum absolute atomic E-state index is 0.0454. The van der Waals surface area contributed by atoms with Gasteiger partial charge in [-0.05, 0) is 31.9 Å². The summed E-state index contributed by atoms with van der Waals surface area (Å²) in [7, 11) is 0. The zero-order valence-electron chi connectivity index (χ0n) is 18.5. The van der Waals surface area contributed by atoms with E-state index in [0.29, 0.717) is 5.56 Å². The first-order valence-corrected chi connectivity index (χ1v) is 10.3. The van der Waals surface area contributed by atoms with Crippen LogP contribution in [0.3, 0.4) is 0 Å². The van der Waals surface area contributed by atoms with E-state index in [-0.39, 0.29) is 13.2 Å². The molecule has 0 aromatic heterocycles. The Morgan fingerprint density at radius 1 is 0.938 bits per heavy atom. The van der Waals surface area contributed by atoms with Gasteiger partial charge in [0.05, 0.1) is 19.1 Å². The molecule has 2 atom stereocenters. The summed E-state index contributed by atoms with van der Waals surface area (Å²) in [5, 5.41) is 14.8. The summed E-state index contributed by atoms with van der Waals surface area (Å²) in [5.41, 5.74) is 0.703. The summed E-state index contributed by atoms with van der Waals surface area (Å²) in [4.78, 5) is 37.5. The van der Waals surface area contributed by atoms with E-state index in [4.69, 9.17) is 9.47 Å². The summed E-state index contributed by atoms with van der Waals surface area (Å²) in [6, 6.07) is 16.0. The Morgan fingerprint density at radius 3 is 2.09 bits per heavy atom. The van der Waals surface area contributed by atoms with E-state index < -0.39 is 42.1 Å². The van der Waals surface area contributed by atoms with Crippen LogP contribution in [-0.2, 0) is 25.7 Å². The molecule has 0 aliphatic carbocycles. The van der Waals surface area contributed by atoms with Crippen molar-refractivity contribution in [3.05, 3.63) is 71.8 Å². The van der Waals surface area contributed by atoms with Crippen LogP contribution >= 0.6 is 0 Å². The molecule has 172 valence electrons. The van der Waals surface area contributed by atoms with Gasteiger partial charge >= 0.3 is 12.1 Å². The molecule has 0 saturated carbocycles. The monoisotopic (exact) mass is 442 g/mol. The highest BCUT2D eigenvalue weighted by molar-refractivity contribution is 5.89. The molecule has 0 spiro atoms. The molecule has 0 heterocycles. The van der Waals surface area contributed by atoms with Crippen molar-refractivity contribution in [2.45, 2.75) is 51.5 Å². The molecule has 2 rings (SSSR count). The molecule has 2 aromatic carbocycles. The summed E-state index contributed by atoms with van der Waals surface area (Å²) in [5.74, 6) is -1.30. The van der Waals surface area contributed by atoms with Crippen LogP contribution in [0.5, 0.6) is 0 Å². The Hall–Kier alpha value is -3.39. The largest absolute Gasteiger partial charge is 0.461 e. The fraction of sp³-hybridized carbons (Fsp3) is 0.375. The third-order valence-corrected chi connectivity index (χ3v) is 4.32. The van der Waals surface area contributed by atoms with Gasteiger partial charge in [0.2, 0.25) is 5.91 Å². The van der Waals surface area contributed by atoms with Crippen LogP contribution in [0.1, 0.15) is 44.4 Å². The molecular formula is C24H30N2O6. The maximum absolute atomic E-state index is 12.9. The van der Waals surface area contributed by atoms with Gasteiger partial charge < -0.3 is 25.2 Å². The second-order valence-electron chi connectivity index (χ2n) is 8.20. The van der Waals surface area contributed by atoms with E-state index in [1.807, 2.05) is 36.4 Å². The van der Waals surface area contributed by atoms with Crippen molar-refractivity contribution in [1.82, 2.24) is 10.6 Å². The fourth-order valence-corrected chi connectivity index (χ4v) is 2.81. The lowest BCUT2D eigenvalue weighted by atomic mass is 10.1. The molecule has 0 bridgehead atoms. The lowest BCUT2D eigenvalue weighted by molar-refractivity contribution is -0.147. The first kappa shape index (κ1) is 24.9. The van der Waals surface area contributed by atoms with Crippen LogP contribution in [0, 0.1) is 0 Å². The van der Waals surface area contributed by atoms with Gasteiger partial charge in [-0.1, -0.05) is 60.7 Å². The van der Waals surface area contributed by atoms with Gasteiger partial charge in [0.25, 0.3) is 0 Å². The van der Waals surface area contributed by atoms with Gasteiger partial charge in [0.15, 0.2) is 0 Å². The van der Waals surface area contributed by atoms with Crippen molar-refractivity contribution in [2.75, 3.05) is 6.61 Å². The summed E-state index contributed by atoms with van der Waals surface area (Å²) in [6.07, 6.45) is -1.24. The molecule has 32 heavy (non-hydrogen) atoms. The highest BCUT2D eigenvalue weighted by atomic mass is 16.6. The summed E-state index contributed by atoms with van der Waals surface area (Å²) < 4.78 is 10.5. The average molecular weight is 443 g/mol. The smallest absolute Gasteiger partial charge is 0.408 e. The Morgan fingerprint density at radius 2 is 1.53 bits per heavy atom. The second-order valence-corrected chi connectivity index (χ2v) is 8.20. The number of esters is 1. The first-order chi connectivity index (χ1) is 15.2. The Bertz CT molecular complexity index is 880. The third-order valence-electron chi connectivity index (χ3n) is 4.32. The normalized spacial score (nSPS) is 12.9. The fourth-order valence-electron chi connectivity index (χ4n) is 2.81. The Kier molecular flexibility index (Phi) is 9.22. The molecule has 8 nitrogen and oxygen atoms in total. The molecule has 0 aliphatic rings. The molecule has 3 N–H and O–H groups in total. The van der Waals surface area contributed by atoms with Gasteiger partial charge in [-0.15, -0.1) is 0 Å². The Labute approximate surface area is 187 Å². The molecule has 0 aliphatic heterocycles. The number of benzene rings is 2. The van der Waals surface area contributed by atoms with Crippen molar-refractivity contribution < 1.29 is 29.0 Å². The van der Waals surface area contributed by atoms with Crippen LogP contribution < -0.4 is 10.6 Å². The molecule has 8 heteroatoms. The predicted octanol–water partition coefficient (Wildman–Crippen LogP) is 2.86. The third kappa shape index (κ3) is 8.77.